The number of hydrogen-bond donors (Lipinski definition) is 1. The molecule has 0 spiro atoms. The van der Waals surface area contributed by atoms with Gasteiger partial charge in [0, 0.05) is 24.2 Å². The lowest BCUT2D eigenvalue weighted by atomic mass is 10.1. The van der Waals surface area contributed by atoms with Crippen molar-refractivity contribution in [2.24, 2.45) is 7.05 Å². The van der Waals surface area contributed by atoms with E-state index < -0.39 is 18.0 Å². The van der Waals surface area contributed by atoms with Gasteiger partial charge in [0.1, 0.15) is 5.82 Å². The zero-order valence-electron chi connectivity index (χ0n) is 15.0. The van der Waals surface area contributed by atoms with Gasteiger partial charge in [-0.3, -0.25) is 14.5 Å². The fourth-order valence-electron chi connectivity index (χ4n) is 2.81. The molecule has 11 heteroatoms. The molecule has 3 heterocycles. The summed E-state index contributed by atoms with van der Waals surface area (Å²) in [6.45, 7) is 1.50. The van der Waals surface area contributed by atoms with Crippen LogP contribution in [0.1, 0.15) is 16.1 Å². The minimum atomic E-state index is -3.78. The van der Waals surface area contributed by atoms with Crippen molar-refractivity contribution in [3.63, 3.8) is 0 Å². The lowest BCUT2D eigenvalue weighted by Crippen LogP contribution is -2.25. The zero-order valence-corrected chi connectivity index (χ0v) is 15.7. The number of aromatic nitrogens is 3. The third-order valence-corrected chi connectivity index (χ3v) is 4.59. The van der Waals surface area contributed by atoms with Gasteiger partial charge in [0.25, 0.3) is 5.91 Å². The first kappa shape index (κ1) is 19.1. The van der Waals surface area contributed by atoms with Crippen LogP contribution in [0.25, 0.3) is 11.3 Å². The molecule has 29 heavy (non-hydrogen) atoms. The predicted octanol–water partition coefficient (Wildman–Crippen LogP) is 4.16. The van der Waals surface area contributed by atoms with Gasteiger partial charge in [-0.1, -0.05) is 11.6 Å². The quantitative estimate of drug-likeness (QED) is 0.683. The first-order valence-electron chi connectivity index (χ1n) is 8.20. The molecule has 1 amide bonds. The largest absolute Gasteiger partial charge is 0.586 e. The molecule has 150 valence electrons. The number of carbonyl (C=O) groups is 1. The minimum absolute atomic E-state index is 0.00484. The van der Waals surface area contributed by atoms with Crippen molar-refractivity contribution in [2.75, 3.05) is 5.32 Å². The van der Waals surface area contributed by atoms with E-state index in [1.54, 1.807) is 7.05 Å². The average molecular weight is 425 g/mol. The SMILES string of the molecule is Cc1c(F)cncc1NC(=O)c1cc(-c2cc3c(cc2Cl)OC(F)(F)O3)n(C)n1. The Morgan fingerprint density at radius 1 is 1.21 bits per heavy atom. The Kier molecular flexibility index (Phi) is 4.38. The second-order valence-electron chi connectivity index (χ2n) is 6.23. The Balaban J connectivity index is 1.65. The van der Waals surface area contributed by atoms with Crippen LogP contribution in [0.5, 0.6) is 11.5 Å². The molecular weight excluding hydrogens is 413 g/mol. The molecule has 4 rings (SSSR count). The molecule has 1 N–H and O–H groups in total. The van der Waals surface area contributed by atoms with Gasteiger partial charge in [0.15, 0.2) is 17.2 Å². The highest BCUT2D eigenvalue weighted by Crippen LogP contribution is 2.46. The maximum Gasteiger partial charge on any atom is 0.586 e. The number of carbonyl (C=O) groups excluding carboxylic acids is 1. The number of benzene rings is 1. The molecule has 0 radical (unpaired) electrons. The molecule has 3 aromatic rings. The number of hydrogen-bond acceptors (Lipinski definition) is 5. The Morgan fingerprint density at radius 2 is 1.90 bits per heavy atom. The van der Waals surface area contributed by atoms with E-state index in [1.807, 2.05) is 0 Å². The number of nitrogens with zero attached hydrogens (tertiary/aromatic N) is 3. The van der Waals surface area contributed by atoms with Crippen LogP contribution in [-0.4, -0.2) is 27.0 Å². The smallest absolute Gasteiger partial charge is 0.395 e. The van der Waals surface area contributed by atoms with E-state index in [1.165, 1.54) is 36.0 Å². The van der Waals surface area contributed by atoms with E-state index in [0.29, 0.717) is 11.3 Å². The summed E-state index contributed by atoms with van der Waals surface area (Å²) in [5.41, 5.74) is 1.11. The highest BCUT2D eigenvalue weighted by Gasteiger charge is 2.44. The van der Waals surface area contributed by atoms with Crippen molar-refractivity contribution in [1.82, 2.24) is 14.8 Å². The average Bonchev–Trinajstić information content (AvgIpc) is 3.16. The maximum absolute atomic E-state index is 13.6. The second-order valence-corrected chi connectivity index (χ2v) is 6.64. The van der Waals surface area contributed by atoms with Gasteiger partial charge in [0.2, 0.25) is 0 Å². The van der Waals surface area contributed by atoms with Crippen LogP contribution < -0.4 is 14.8 Å². The summed E-state index contributed by atoms with van der Waals surface area (Å²) in [4.78, 5) is 16.2. The standard InChI is InChI=1S/C18H12ClF3N4O3/c1-8-11(20)6-23-7-13(8)24-17(27)12-5-14(26(2)25-12)9-3-15-16(4-10(9)19)29-18(21,22)28-15/h3-7H,1-2H3,(H,24,27). The number of anilines is 1. The summed E-state index contributed by atoms with van der Waals surface area (Å²) in [7, 11) is 1.55. The molecule has 1 aromatic carbocycles. The maximum atomic E-state index is 13.6. The third kappa shape index (κ3) is 3.46. The van der Waals surface area contributed by atoms with Crippen LogP contribution in [0.15, 0.2) is 30.6 Å². The van der Waals surface area contributed by atoms with Gasteiger partial charge in [-0.2, -0.15) is 5.10 Å². The molecule has 1 aliphatic heterocycles. The van der Waals surface area contributed by atoms with Crippen molar-refractivity contribution < 1.29 is 27.4 Å². The van der Waals surface area contributed by atoms with E-state index in [4.69, 9.17) is 11.6 Å². The van der Waals surface area contributed by atoms with Crippen molar-refractivity contribution in [1.29, 1.82) is 0 Å². The number of pyridine rings is 1. The van der Waals surface area contributed by atoms with Crippen LogP contribution in [0.2, 0.25) is 5.02 Å². The van der Waals surface area contributed by atoms with Crippen LogP contribution in [0.4, 0.5) is 18.9 Å². The second kappa shape index (κ2) is 6.66. The Labute approximate surface area is 167 Å². The van der Waals surface area contributed by atoms with E-state index in [-0.39, 0.29) is 33.5 Å². The monoisotopic (exact) mass is 424 g/mol. The van der Waals surface area contributed by atoms with Crippen LogP contribution in [0, 0.1) is 12.7 Å². The van der Waals surface area contributed by atoms with Gasteiger partial charge in [-0.05, 0) is 19.1 Å². The lowest BCUT2D eigenvalue weighted by molar-refractivity contribution is -0.286. The van der Waals surface area contributed by atoms with Crippen molar-refractivity contribution in [2.45, 2.75) is 13.2 Å². The van der Waals surface area contributed by atoms with Gasteiger partial charge in [0.05, 0.1) is 28.8 Å². The van der Waals surface area contributed by atoms with E-state index in [0.717, 1.165) is 6.20 Å². The minimum Gasteiger partial charge on any atom is -0.395 e. The first-order chi connectivity index (χ1) is 13.6. The topological polar surface area (TPSA) is 78.3 Å². The number of ether oxygens (including phenoxy) is 2. The summed E-state index contributed by atoms with van der Waals surface area (Å²) in [6, 6.07) is 3.89. The number of halogens is 4. The summed E-state index contributed by atoms with van der Waals surface area (Å²) in [6.07, 6.45) is -1.43. The summed E-state index contributed by atoms with van der Waals surface area (Å²) in [5, 5.41) is 6.74. The normalized spacial score (nSPS) is 14.1. The summed E-state index contributed by atoms with van der Waals surface area (Å²) in [5.74, 6) is -1.56. The summed E-state index contributed by atoms with van der Waals surface area (Å²) >= 11 is 6.19. The lowest BCUT2D eigenvalue weighted by Gasteiger charge is -2.06. The fraction of sp³-hybridized carbons (Fsp3) is 0.167. The molecule has 0 aliphatic carbocycles. The zero-order chi connectivity index (χ0) is 20.9. The number of aryl methyl sites for hydroxylation is 1. The molecule has 0 unspecified atom stereocenters. The number of fused-ring (bicyclic) bond motifs is 1. The molecule has 0 atom stereocenters. The first-order valence-corrected chi connectivity index (χ1v) is 8.57. The van der Waals surface area contributed by atoms with Crippen molar-refractivity contribution in [3.05, 3.63) is 52.7 Å². The van der Waals surface area contributed by atoms with Crippen LogP contribution in [0.3, 0.4) is 0 Å². The van der Waals surface area contributed by atoms with Gasteiger partial charge >= 0.3 is 6.29 Å². The van der Waals surface area contributed by atoms with Crippen molar-refractivity contribution >= 4 is 23.2 Å². The molecule has 2 aromatic heterocycles. The number of nitrogens with one attached hydrogen (secondary N) is 1. The fourth-order valence-corrected chi connectivity index (χ4v) is 3.06. The Bertz CT molecular complexity index is 1150. The van der Waals surface area contributed by atoms with Gasteiger partial charge < -0.3 is 14.8 Å². The van der Waals surface area contributed by atoms with Gasteiger partial charge in [-0.15, -0.1) is 8.78 Å². The molecular formula is C18H12ClF3N4O3. The predicted molar refractivity (Wildman–Crippen MR) is 96.7 cm³/mol. The number of amides is 1. The molecule has 0 saturated carbocycles. The van der Waals surface area contributed by atoms with Gasteiger partial charge in [-0.25, -0.2) is 4.39 Å². The highest BCUT2D eigenvalue weighted by molar-refractivity contribution is 6.33. The highest BCUT2D eigenvalue weighted by atomic mass is 35.5. The summed E-state index contributed by atoms with van der Waals surface area (Å²) < 4.78 is 50.3. The van der Waals surface area contributed by atoms with Crippen LogP contribution >= 0.6 is 11.6 Å². The molecule has 1 aliphatic rings. The Hall–Kier alpha value is -3.27. The number of alkyl halides is 2. The van der Waals surface area contributed by atoms with E-state index in [2.05, 4.69) is 24.9 Å². The molecule has 0 saturated heterocycles. The van der Waals surface area contributed by atoms with Crippen molar-refractivity contribution in [3.8, 4) is 22.8 Å². The Morgan fingerprint density at radius 3 is 2.62 bits per heavy atom. The number of rotatable bonds is 3. The van der Waals surface area contributed by atoms with E-state index >= 15 is 0 Å². The molecule has 0 bridgehead atoms. The molecule has 0 fully saturated rings. The third-order valence-electron chi connectivity index (χ3n) is 4.28. The van der Waals surface area contributed by atoms with E-state index in [9.17, 15) is 18.0 Å². The van der Waals surface area contributed by atoms with Crippen LogP contribution in [-0.2, 0) is 7.05 Å². The molecule has 7 nitrogen and oxygen atoms in total.